The van der Waals surface area contributed by atoms with Gasteiger partial charge in [-0.05, 0) is 93.9 Å². The van der Waals surface area contributed by atoms with Gasteiger partial charge in [-0.1, -0.05) is 6.07 Å². The van der Waals surface area contributed by atoms with Crippen LogP contribution in [0, 0.1) is 6.92 Å². The van der Waals surface area contributed by atoms with Gasteiger partial charge in [0.2, 0.25) is 0 Å². The molecule has 0 fully saturated rings. The van der Waals surface area contributed by atoms with Gasteiger partial charge in [0, 0.05) is 28.0 Å². The minimum Gasteiger partial charge on any atom is -0.497 e. The third kappa shape index (κ3) is 6.83. The van der Waals surface area contributed by atoms with E-state index < -0.39 is 15.9 Å². The van der Waals surface area contributed by atoms with E-state index >= 15 is 0 Å². The average molecular weight is 496 g/mol. The lowest BCUT2D eigenvalue weighted by Crippen LogP contribution is -2.40. The van der Waals surface area contributed by atoms with Crippen LogP contribution in [-0.4, -0.2) is 32.9 Å². The van der Waals surface area contributed by atoms with Crippen LogP contribution < -0.4 is 20.1 Å². The number of benzene rings is 3. The SMILES string of the molecule is COc1ccc(NS(=O)(=O)c2cc(NC(=O)c3ccc(C(=O)NC(C)(C)C)cc3)ccc2C)cc1. The summed E-state index contributed by atoms with van der Waals surface area (Å²) in [6, 6.07) is 17.4. The number of aryl methyl sites for hydroxylation is 1. The second-order valence-electron chi connectivity index (χ2n) is 9.05. The minimum absolute atomic E-state index is 0.0420. The fraction of sp³-hybridized carbons (Fsp3) is 0.231. The first-order valence-electron chi connectivity index (χ1n) is 10.9. The highest BCUT2D eigenvalue weighted by Crippen LogP contribution is 2.24. The molecule has 3 rings (SSSR count). The van der Waals surface area contributed by atoms with Gasteiger partial charge in [0.05, 0.1) is 12.0 Å². The first-order valence-corrected chi connectivity index (χ1v) is 12.4. The number of carbonyl (C=O) groups excluding carboxylic acids is 2. The predicted molar refractivity (Wildman–Crippen MR) is 137 cm³/mol. The van der Waals surface area contributed by atoms with Gasteiger partial charge in [0.25, 0.3) is 21.8 Å². The Morgan fingerprint density at radius 2 is 1.34 bits per heavy atom. The molecule has 0 aromatic heterocycles. The molecular formula is C26H29N3O5S. The van der Waals surface area contributed by atoms with Crippen LogP contribution in [0.4, 0.5) is 11.4 Å². The smallest absolute Gasteiger partial charge is 0.262 e. The van der Waals surface area contributed by atoms with Crippen molar-refractivity contribution in [2.24, 2.45) is 0 Å². The summed E-state index contributed by atoms with van der Waals surface area (Å²) in [5.41, 5.74) is 1.63. The molecule has 0 saturated carbocycles. The predicted octanol–water partition coefficient (Wildman–Crippen LogP) is 4.59. The van der Waals surface area contributed by atoms with Crippen molar-refractivity contribution >= 4 is 33.2 Å². The molecule has 0 spiro atoms. The molecule has 0 aliphatic carbocycles. The maximum Gasteiger partial charge on any atom is 0.262 e. The van der Waals surface area contributed by atoms with Crippen LogP contribution in [-0.2, 0) is 10.0 Å². The molecular weight excluding hydrogens is 466 g/mol. The standard InChI is InChI=1S/C26H29N3O5S/c1-17-6-11-21(16-23(17)35(32,33)29-20-12-14-22(34-5)15-13-20)27-24(30)18-7-9-19(10-8-18)25(31)28-26(2,3)4/h6-16,29H,1-5H3,(H,27,30)(H,28,31). The lowest BCUT2D eigenvalue weighted by molar-refractivity contribution is 0.0918. The molecule has 0 bridgehead atoms. The van der Waals surface area contributed by atoms with Crippen molar-refractivity contribution in [2.75, 3.05) is 17.1 Å². The highest BCUT2D eigenvalue weighted by molar-refractivity contribution is 7.92. The van der Waals surface area contributed by atoms with Crippen LogP contribution in [0.25, 0.3) is 0 Å². The van der Waals surface area contributed by atoms with Crippen LogP contribution in [0.1, 0.15) is 47.1 Å². The van der Waals surface area contributed by atoms with E-state index in [2.05, 4.69) is 15.4 Å². The van der Waals surface area contributed by atoms with E-state index in [1.165, 1.54) is 13.2 Å². The molecule has 0 atom stereocenters. The van der Waals surface area contributed by atoms with Gasteiger partial charge in [0.1, 0.15) is 5.75 Å². The molecule has 0 heterocycles. The Balaban J connectivity index is 1.75. The number of nitrogens with one attached hydrogen (secondary N) is 3. The van der Waals surface area contributed by atoms with Crippen molar-refractivity contribution in [3.05, 3.63) is 83.4 Å². The van der Waals surface area contributed by atoms with Crippen molar-refractivity contribution in [2.45, 2.75) is 38.1 Å². The molecule has 0 radical (unpaired) electrons. The van der Waals surface area contributed by atoms with Crippen LogP contribution in [0.5, 0.6) is 5.75 Å². The Morgan fingerprint density at radius 1 is 0.800 bits per heavy atom. The molecule has 9 heteroatoms. The van der Waals surface area contributed by atoms with E-state index in [0.29, 0.717) is 33.8 Å². The highest BCUT2D eigenvalue weighted by Gasteiger charge is 2.19. The lowest BCUT2D eigenvalue weighted by atomic mass is 10.1. The third-order valence-corrected chi connectivity index (χ3v) is 6.50. The maximum atomic E-state index is 13.0. The summed E-state index contributed by atoms with van der Waals surface area (Å²) in [7, 11) is -2.38. The topological polar surface area (TPSA) is 114 Å². The van der Waals surface area contributed by atoms with Crippen LogP contribution in [0.2, 0.25) is 0 Å². The number of amides is 2. The second kappa shape index (κ2) is 10.2. The largest absolute Gasteiger partial charge is 0.497 e. The quantitative estimate of drug-likeness (QED) is 0.444. The number of methoxy groups -OCH3 is 1. The van der Waals surface area contributed by atoms with E-state index in [1.807, 2.05) is 20.8 Å². The molecule has 0 unspecified atom stereocenters. The summed E-state index contributed by atoms with van der Waals surface area (Å²) in [5, 5.41) is 5.58. The Labute approximate surface area is 205 Å². The summed E-state index contributed by atoms with van der Waals surface area (Å²) in [5.74, 6) is -0.0537. The van der Waals surface area contributed by atoms with E-state index in [4.69, 9.17) is 4.74 Å². The molecule has 3 N–H and O–H groups in total. The monoisotopic (exact) mass is 495 g/mol. The van der Waals surface area contributed by atoms with Gasteiger partial charge >= 0.3 is 0 Å². The molecule has 3 aromatic rings. The number of hydrogen-bond acceptors (Lipinski definition) is 5. The van der Waals surface area contributed by atoms with Crippen LogP contribution in [0.15, 0.2) is 71.6 Å². The van der Waals surface area contributed by atoms with Crippen molar-refractivity contribution < 1.29 is 22.7 Å². The second-order valence-corrected chi connectivity index (χ2v) is 10.7. The lowest BCUT2D eigenvalue weighted by Gasteiger charge is -2.20. The zero-order chi connectivity index (χ0) is 25.8. The van der Waals surface area contributed by atoms with Gasteiger partial charge in [-0.25, -0.2) is 8.42 Å². The first kappa shape index (κ1) is 25.8. The number of sulfonamides is 1. The van der Waals surface area contributed by atoms with Gasteiger partial charge in [-0.15, -0.1) is 0 Å². The molecule has 35 heavy (non-hydrogen) atoms. The zero-order valence-electron chi connectivity index (χ0n) is 20.3. The minimum atomic E-state index is -3.90. The van der Waals surface area contributed by atoms with Crippen molar-refractivity contribution in [3.8, 4) is 5.75 Å². The number of carbonyl (C=O) groups is 2. The molecule has 0 aliphatic heterocycles. The fourth-order valence-electron chi connectivity index (χ4n) is 3.23. The summed E-state index contributed by atoms with van der Waals surface area (Å²) in [4.78, 5) is 25.1. The number of anilines is 2. The van der Waals surface area contributed by atoms with Gasteiger partial charge in [-0.2, -0.15) is 0 Å². The van der Waals surface area contributed by atoms with Gasteiger partial charge < -0.3 is 15.4 Å². The molecule has 0 aliphatic rings. The van der Waals surface area contributed by atoms with Gasteiger partial charge in [-0.3, -0.25) is 14.3 Å². The summed E-state index contributed by atoms with van der Waals surface area (Å²) in [6.07, 6.45) is 0. The molecule has 2 amide bonds. The van der Waals surface area contributed by atoms with Crippen molar-refractivity contribution in [3.63, 3.8) is 0 Å². The number of hydrogen-bond donors (Lipinski definition) is 3. The molecule has 0 saturated heterocycles. The van der Waals surface area contributed by atoms with Crippen molar-refractivity contribution in [1.29, 1.82) is 0 Å². The Morgan fingerprint density at radius 3 is 1.89 bits per heavy atom. The van der Waals surface area contributed by atoms with Crippen molar-refractivity contribution in [1.82, 2.24) is 5.32 Å². The summed E-state index contributed by atoms with van der Waals surface area (Å²) >= 11 is 0. The van der Waals surface area contributed by atoms with E-state index in [-0.39, 0.29) is 16.3 Å². The van der Waals surface area contributed by atoms with E-state index in [9.17, 15) is 18.0 Å². The number of rotatable bonds is 7. The summed E-state index contributed by atoms with van der Waals surface area (Å²) in [6.45, 7) is 7.33. The number of ether oxygens (including phenoxy) is 1. The fourth-order valence-corrected chi connectivity index (χ4v) is 4.56. The van der Waals surface area contributed by atoms with E-state index in [0.717, 1.165) is 0 Å². The molecule has 3 aromatic carbocycles. The molecule has 184 valence electrons. The Hall–Kier alpha value is -3.85. The van der Waals surface area contributed by atoms with Crippen LogP contribution >= 0.6 is 0 Å². The highest BCUT2D eigenvalue weighted by atomic mass is 32.2. The summed E-state index contributed by atoms with van der Waals surface area (Å²) < 4.78 is 33.6. The first-order chi connectivity index (χ1) is 16.4. The zero-order valence-corrected chi connectivity index (χ0v) is 21.1. The van der Waals surface area contributed by atoms with E-state index in [1.54, 1.807) is 67.6 Å². The molecule has 8 nitrogen and oxygen atoms in total. The Bertz CT molecular complexity index is 1330. The maximum absolute atomic E-state index is 13.0. The van der Waals surface area contributed by atoms with Crippen LogP contribution in [0.3, 0.4) is 0 Å². The average Bonchev–Trinajstić information content (AvgIpc) is 2.79. The third-order valence-electron chi connectivity index (χ3n) is 4.98. The van der Waals surface area contributed by atoms with Gasteiger partial charge in [0.15, 0.2) is 0 Å². The normalized spacial score (nSPS) is 11.5. The Kier molecular flexibility index (Phi) is 7.50.